The number of aliphatic hydroxyl groups excluding tert-OH is 1. The van der Waals surface area contributed by atoms with Gasteiger partial charge in [-0.1, -0.05) is 30.3 Å². The highest BCUT2D eigenvalue weighted by Gasteiger charge is 2.15. The van der Waals surface area contributed by atoms with Crippen LogP contribution in [0.15, 0.2) is 53.1 Å². The highest BCUT2D eigenvalue weighted by Crippen LogP contribution is 2.21. The normalized spacial score (nSPS) is 12.5. The Bertz CT molecular complexity index is 411. The van der Waals surface area contributed by atoms with Crippen molar-refractivity contribution < 1.29 is 9.52 Å². The van der Waals surface area contributed by atoms with Crippen molar-refractivity contribution in [3.05, 3.63) is 60.1 Å². The topological polar surface area (TPSA) is 45.4 Å². The molecule has 0 radical (unpaired) electrons. The Morgan fingerprint density at radius 2 is 1.94 bits per heavy atom. The number of aliphatic hydroxyl groups is 1. The molecule has 0 spiro atoms. The molecule has 1 aromatic heterocycles. The van der Waals surface area contributed by atoms with E-state index in [1.54, 1.807) is 6.26 Å². The van der Waals surface area contributed by atoms with Crippen molar-refractivity contribution in [3.8, 4) is 0 Å². The molecule has 0 fully saturated rings. The van der Waals surface area contributed by atoms with E-state index in [1.807, 2.05) is 30.3 Å². The van der Waals surface area contributed by atoms with E-state index in [0.717, 1.165) is 18.7 Å². The van der Waals surface area contributed by atoms with Crippen LogP contribution in [0.25, 0.3) is 0 Å². The lowest BCUT2D eigenvalue weighted by atomic mass is 10.0. The Kier molecular flexibility index (Phi) is 4.36. The average Bonchev–Trinajstić information content (AvgIpc) is 2.89. The van der Waals surface area contributed by atoms with E-state index in [9.17, 15) is 0 Å². The summed E-state index contributed by atoms with van der Waals surface area (Å²) in [5.41, 5.74) is 1.17. The molecule has 0 aliphatic heterocycles. The van der Waals surface area contributed by atoms with Gasteiger partial charge in [0.2, 0.25) is 0 Å². The van der Waals surface area contributed by atoms with Crippen LogP contribution in [0, 0.1) is 0 Å². The quantitative estimate of drug-likeness (QED) is 0.750. The Labute approximate surface area is 101 Å². The molecule has 0 saturated heterocycles. The number of hydrogen-bond acceptors (Lipinski definition) is 3. The maximum absolute atomic E-state index is 8.82. The van der Waals surface area contributed by atoms with Crippen LogP contribution in [0.5, 0.6) is 0 Å². The van der Waals surface area contributed by atoms with Gasteiger partial charge in [-0.15, -0.1) is 0 Å². The Balaban J connectivity index is 2.13. The standard InChI is InChI=1S/C14H17NO2/c16-10-5-9-15-14(13-8-4-11-17-13)12-6-2-1-3-7-12/h1-4,6-8,11,14-16H,5,9-10H2. The fourth-order valence-corrected chi connectivity index (χ4v) is 1.81. The van der Waals surface area contributed by atoms with E-state index in [2.05, 4.69) is 17.4 Å². The molecule has 1 aromatic carbocycles. The summed E-state index contributed by atoms with van der Waals surface area (Å²) in [6.07, 6.45) is 2.42. The molecule has 3 nitrogen and oxygen atoms in total. The molecule has 0 amide bonds. The summed E-state index contributed by atoms with van der Waals surface area (Å²) >= 11 is 0. The molecule has 1 heterocycles. The predicted octanol–water partition coefficient (Wildman–Crippen LogP) is 2.34. The minimum atomic E-state index is 0.0535. The monoisotopic (exact) mass is 231 g/mol. The Hall–Kier alpha value is -1.58. The molecule has 2 rings (SSSR count). The highest BCUT2D eigenvalue weighted by atomic mass is 16.3. The van der Waals surface area contributed by atoms with Crippen LogP contribution in [-0.2, 0) is 0 Å². The van der Waals surface area contributed by atoms with Gasteiger partial charge in [0, 0.05) is 6.61 Å². The van der Waals surface area contributed by atoms with Gasteiger partial charge >= 0.3 is 0 Å². The molecule has 17 heavy (non-hydrogen) atoms. The molecule has 90 valence electrons. The van der Waals surface area contributed by atoms with Crippen molar-refractivity contribution in [2.75, 3.05) is 13.2 Å². The van der Waals surface area contributed by atoms with Crippen LogP contribution < -0.4 is 5.32 Å². The summed E-state index contributed by atoms with van der Waals surface area (Å²) in [6, 6.07) is 14.1. The summed E-state index contributed by atoms with van der Waals surface area (Å²) in [5.74, 6) is 0.897. The first-order chi connectivity index (χ1) is 8.42. The van der Waals surface area contributed by atoms with E-state index in [4.69, 9.17) is 9.52 Å². The SMILES string of the molecule is OCCCNC(c1ccccc1)c1ccco1. The number of hydrogen-bond donors (Lipinski definition) is 2. The maximum Gasteiger partial charge on any atom is 0.125 e. The van der Waals surface area contributed by atoms with E-state index < -0.39 is 0 Å². The molecule has 1 unspecified atom stereocenters. The van der Waals surface area contributed by atoms with Gasteiger partial charge in [-0.05, 0) is 30.7 Å². The molecule has 3 heteroatoms. The molecular weight excluding hydrogens is 214 g/mol. The molecular formula is C14H17NO2. The first-order valence-corrected chi connectivity index (χ1v) is 5.84. The van der Waals surface area contributed by atoms with Crippen LogP contribution in [0.3, 0.4) is 0 Å². The van der Waals surface area contributed by atoms with Gasteiger partial charge in [-0.3, -0.25) is 0 Å². The zero-order valence-electron chi connectivity index (χ0n) is 9.67. The summed E-state index contributed by atoms with van der Waals surface area (Å²) in [4.78, 5) is 0. The first kappa shape index (κ1) is 11.9. The van der Waals surface area contributed by atoms with Crippen LogP contribution in [-0.4, -0.2) is 18.3 Å². The molecule has 2 N–H and O–H groups in total. The van der Waals surface area contributed by atoms with Crippen molar-refractivity contribution >= 4 is 0 Å². The second-order valence-corrected chi connectivity index (χ2v) is 3.89. The summed E-state index contributed by atoms with van der Waals surface area (Å²) < 4.78 is 5.46. The summed E-state index contributed by atoms with van der Waals surface area (Å²) in [6.45, 7) is 0.962. The van der Waals surface area contributed by atoms with Gasteiger partial charge in [-0.2, -0.15) is 0 Å². The third kappa shape index (κ3) is 3.19. The fourth-order valence-electron chi connectivity index (χ4n) is 1.81. The largest absolute Gasteiger partial charge is 0.467 e. The fraction of sp³-hybridized carbons (Fsp3) is 0.286. The van der Waals surface area contributed by atoms with Crippen molar-refractivity contribution in [2.45, 2.75) is 12.5 Å². The lowest BCUT2D eigenvalue weighted by Gasteiger charge is -2.16. The minimum Gasteiger partial charge on any atom is -0.467 e. The Morgan fingerprint density at radius 3 is 2.59 bits per heavy atom. The van der Waals surface area contributed by atoms with Gasteiger partial charge in [0.15, 0.2) is 0 Å². The highest BCUT2D eigenvalue weighted by molar-refractivity contribution is 5.26. The third-order valence-corrected chi connectivity index (χ3v) is 2.64. The third-order valence-electron chi connectivity index (χ3n) is 2.64. The van der Waals surface area contributed by atoms with Gasteiger partial charge in [-0.25, -0.2) is 0 Å². The zero-order chi connectivity index (χ0) is 11.9. The Morgan fingerprint density at radius 1 is 1.12 bits per heavy atom. The minimum absolute atomic E-state index is 0.0535. The molecule has 0 aliphatic rings. The van der Waals surface area contributed by atoms with E-state index in [0.29, 0.717) is 0 Å². The average molecular weight is 231 g/mol. The van der Waals surface area contributed by atoms with E-state index >= 15 is 0 Å². The van der Waals surface area contributed by atoms with Crippen LogP contribution in [0.1, 0.15) is 23.8 Å². The van der Waals surface area contributed by atoms with Crippen molar-refractivity contribution in [1.29, 1.82) is 0 Å². The smallest absolute Gasteiger partial charge is 0.125 e. The molecule has 2 aromatic rings. The van der Waals surface area contributed by atoms with E-state index in [-0.39, 0.29) is 12.6 Å². The second kappa shape index (κ2) is 6.23. The molecule has 0 aliphatic carbocycles. The lowest BCUT2D eigenvalue weighted by molar-refractivity contribution is 0.283. The van der Waals surface area contributed by atoms with Crippen molar-refractivity contribution in [2.24, 2.45) is 0 Å². The molecule has 1 atom stereocenters. The van der Waals surface area contributed by atoms with Crippen LogP contribution >= 0.6 is 0 Å². The summed E-state index contributed by atoms with van der Waals surface area (Å²) in [7, 11) is 0. The zero-order valence-corrected chi connectivity index (χ0v) is 9.67. The number of nitrogens with one attached hydrogen (secondary N) is 1. The van der Waals surface area contributed by atoms with Crippen LogP contribution in [0.4, 0.5) is 0 Å². The van der Waals surface area contributed by atoms with Gasteiger partial charge in [0.25, 0.3) is 0 Å². The van der Waals surface area contributed by atoms with Gasteiger partial charge < -0.3 is 14.8 Å². The van der Waals surface area contributed by atoms with Gasteiger partial charge in [0.1, 0.15) is 5.76 Å². The van der Waals surface area contributed by atoms with Gasteiger partial charge in [0.05, 0.1) is 12.3 Å². The van der Waals surface area contributed by atoms with Crippen LogP contribution in [0.2, 0.25) is 0 Å². The lowest BCUT2D eigenvalue weighted by Crippen LogP contribution is -2.23. The maximum atomic E-state index is 8.82. The van der Waals surface area contributed by atoms with Crippen molar-refractivity contribution in [3.63, 3.8) is 0 Å². The molecule has 0 saturated carbocycles. The number of furan rings is 1. The first-order valence-electron chi connectivity index (χ1n) is 5.84. The summed E-state index contributed by atoms with van der Waals surface area (Å²) in [5, 5.41) is 12.2. The number of benzene rings is 1. The number of rotatable bonds is 6. The van der Waals surface area contributed by atoms with Crippen molar-refractivity contribution in [1.82, 2.24) is 5.32 Å². The van der Waals surface area contributed by atoms with E-state index in [1.165, 1.54) is 5.56 Å². The molecule has 0 bridgehead atoms. The second-order valence-electron chi connectivity index (χ2n) is 3.89. The predicted molar refractivity (Wildman–Crippen MR) is 66.7 cm³/mol.